The predicted octanol–water partition coefficient (Wildman–Crippen LogP) is 5.05. The van der Waals surface area contributed by atoms with Crippen molar-refractivity contribution in [1.82, 2.24) is 25.0 Å². The minimum Gasteiger partial charge on any atom is -0.350 e. The van der Waals surface area contributed by atoms with E-state index in [4.69, 9.17) is 11.6 Å². The van der Waals surface area contributed by atoms with E-state index in [1.54, 1.807) is 65.7 Å². The molecule has 10 heteroatoms. The lowest BCUT2D eigenvalue weighted by atomic mass is 10.1. The number of carbonyl (C=O) groups excluding carboxylic acids is 3. The summed E-state index contributed by atoms with van der Waals surface area (Å²) in [6.45, 7) is 0.136. The smallest absolute Gasteiger partial charge is 0.293 e. The number of halogens is 1. The molecule has 1 fully saturated rings. The highest BCUT2D eigenvalue weighted by Gasteiger charge is 2.34. The number of hydrogen-bond donors (Lipinski definition) is 1. The maximum atomic E-state index is 13.2. The van der Waals surface area contributed by atoms with Crippen LogP contribution in [0.5, 0.6) is 0 Å². The van der Waals surface area contributed by atoms with E-state index in [0.29, 0.717) is 21.2 Å². The van der Waals surface area contributed by atoms with E-state index in [-0.39, 0.29) is 24.2 Å². The van der Waals surface area contributed by atoms with Crippen LogP contribution in [0.3, 0.4) is 0 Å². The Bertz CT molecular complexity index is 1490. The average molecular weight is 530 g/mol. The van der Waals surface area contributed by atoms with Crippen LogP contribution in [0.1, 0.15) is 15.9 Å². The number of thioether (sulfide) groups is 1. The highest BCUT2D eigenvalue weighted by Crippen LogP contribution is 2.32. The van der Waals surface area contributed by atoms with Crippen molar-refractivity contribution in [3.05, 3.63) is 106 Å². The van der Waals surface area contributed by atoms with Gasteiger partial charge in [-0.2, -0.15) is 5.10 Å². The quantitative estimate of drug-likeness (QED) is 0.336. The Hall–Kier alpha value is -4.21. The first kappa shape index (κ1) is 24.5. The number of hydrogen-bond acceptors (Lipinski definition) is 6. The second kappa shape index (κ2) is 10.8. The fourth-order valence-corrected chi connectivity index (χ4v) is 4.75. The van der Waals surface area contributed by atoms with Crippen molar-refractivity contribution in [2.24, 2.45) is 0 Å². The summed E-state index contributed by atoms with van der Waals surface area (Å²) < 4.78 is 1.64. The van der Waals surface area contributed by atoms with E-state index in [2.05, 4.69) is 15.4 Å². The number of nitrogens with one attached hydrogen (secondary N) is 1. The number of pyridine rings is 1. The lowest BCUT2D eigenvalue weighted by Crippen LogP contribution is -2.37. The first-order chi connectivity index (χ1) is 18.0. The predicted molar refractivity (Wildman–Crippen MR) is 143 cm³/mol. The minimum atomic E-state index is -0.396. The van der Waals surface area contributed by atoms with Crippen molar-refractivity contribution < 1.29 is 14.4 Å². The van der Waals surface area contributed by atoms with Gasteiger partial charge < -0.3 is 5.32 Å². The molecule has 0 aliphatic carbocycles. The van der Waals surface area contributed by atoms with Crippen LogP contribution in [-0.2, 0) is 4.79 Å². The Labute approximate surface area is 222 Å². The fraction of sp³-hybridized carbons (Fsp3) is 0.0741. The molecule has 0 saturated carbocycles. The number of amides is 3. The molecule has 0 unspecified atom stereocenters. The second-order valence-corrected chi connectivity index (χ2v) is 9.48. The summed E-state index contributed by atoms with van der Waals surface area (Å²) in [5.41, 5.74) is 3.11. The molecular formula is C27H20ClN5O3S. The van der Waals surface area contributed by atoms with Crippen LogP contribution >= 0.6 is 23.4 Å². The van der Waals surface area contributed by atoms with Crippen molar-refractivity contribution >= 4 is 46.5 Å². The SMILES string of the molecule is O=C(NCCN1C(=O)SC(=Cc2cccnc2)C1=O)c1cn(-c2ccccc2)nc1-c1ccc(Cl)cc1. The van der Waals surface area contributed by atoms with Crippen molar-refractivity contribution in [3.8, 4) is 16.9 Å². The molecule has 2 aromatic heterocycles. The van der Waals surface area contributed by atoms with Crippen LogP contribution in [-0.4, -0.2) is 49.8 Å². The lowest BCUT2D eigenvalue weighted by Gasteiger charge is -2.13. The Balaban J connectivity index is 1.31. The lowest BCUT2D eigenvalue weighted by molar-refractivity contribution is -0.122. The fourth-order valence-electron chi connectivity index (χ4n) is 3.76. The second-order valence-electron chi connectivity index (χ2n) is 8.05. The summed E-state index contributed by atoms with van der Waals surface area (Å²) in [6, 6.07) is 20.1. The molecule has 2 aromatic carbocycles. The van der Waals surface area contributed by atoms with E-state index >= 15 is 0 Å². The summed E-state index contributed by atoms with van der Waals surface area (Å²) in [7, 11) is 0. The molecule has 1 aliphatic rings. The number of para-hydroxylation sites is 1. The van der Waals surface area contributed by atoms with Gasteiger partial charge in [0.15, 0.2) is 0 Å². The molecule has 0 atom stereocenters. The average Bonchev–Trinajstić information content (AvgIpc) is 3.47. The first-order valence-corrected chi connectivity index (χ1v) is 12.5. The van der Waals surface area contributed by atoms with Gasteiger partial charge in [-0.05, 0) is 53.7 Å². The molecule has 1 aliphatic heterocycles. The van der Waals surface area contributed by atoms with Gasteiger partial charge in [0.2, 0.25) is 0 Å². The summed E-state index contributed by atoms with van der Waals surface area (Å²) in [5.74, 6) is -0.767. The van der Waals surface area contributed by atoms with Crippen molar-refractivity contribution in [3.63, 3.8) is 0 Å². The van der Waals surface area contributed by atoms with Gasteiger partial charge in [0.1, 0.15) is 5.69 Å². The molecule has 1 saturated heterocycles. The van der Waals surface area contributed by atoms with E-state index in [9.17, 15) is 14.4 Å². The third-order valence-electron chi connectivity index (χ3n) is 5.57. The van der Waals surface area contributed by atoms with Crippen molar-refractivity contribution in [2.45, 2.75) is 0 Å². The molecule has 37 heavy (non-hydrogen) atoms. The summed E-state index contributed by atoms with van der Waals surface area (Å²) in [4.78, 5) is 43.8. The van der Waals surface area contributed by atoms with Crippen LogP contribution in [0.15, 0.2) is 90.2 Å². The Morgan fingerprint density at radius 2 is 1.81 bits per heavy atom. The molecule has 0 radical (unpaired) electrons. The zero-order chi connectivity index (χ0) is 25.8. The summed E-state index contributed by atoms with van der Waals surface area (Å²) in [5, 5.41) is 7.65. The third kappa shape index (κ3) is 5.47. The molecule has 0 spiro atoms. The summed E-state index contributed by atoms with van der Waals surface area (Å²) in [6.07, 6.45) is 6.54. The van der Waals surface area contributed by atoms with Crippen LogP contribution < -0.4 is 5.32 Å². The number of benzene rings is 2. The van der Waals surface area contributed by atoms with Gasteiger partial charge in [-0.1, -0.05) is 48.0 Å². The Morgan fingerprint density at radius 3 is 2.54 bits per heavy atom. The van der Waals surface area contributed by atoms with Gasteiger partial charge in [0, 0.05) is 42.3 Å². The number of nitrogens with zero attached hydrogens (tertiary/aromatic N) is 4. The Morgan fingerprint density at radius 1 is 1.03 bits per heavy atom. The van der Waals surface area contributed by atoms with Crippen LogP contribution in [0, 0.1) is 0 Å². The normalized spacial score (nSPS) is 14.4. The van der Waals surface area contributed by atoms with Gasteiger partial charge in [-0.15, -0.1) is 0 Å². The molecule has 8 nitrogen and oxygen atoms in total. The van der Waals surface area contributed by atoms with Gasteiger partial charge in [0.25, 0.3) is 17.1 Å². The zero-order valence-corrected chi connectivity index (χ0v) is 20.9. The highest BCUT2D eigenvalue weighted by molar-refractivity contribution is 8.18. The van der Waals surface area contributed by atoms with Gasteiger partial charge in [0.05, 0.1) is 16.2 Å². The van der Waals surface area contributed by atoms with Gasteiger partial charge >= 0.3 is 0 Å². The molecule has 3 heterocycles. The molecule has 184 valence electrons. The highest BCUT2D eigenvalue weighted by atomic mass is 35.5. The number of carbonyl (C=O) groups is 3. The van der Waals surface area contributed by atoms with E-state index in [1.165, 1.54) is 0 Å². The van der Waals surface area contributed by atoms with Gasteiger partial charge in [-0.3, -0.25) is 24.3 Å². The topological polar surface area (TPSA) is 97.2 Å². The zero-order valence-electron chi connectivity index (χ0n) is 19.4. The van der Waals surface area contributed by atoms with Crippen LogP contribution in [0.4, 0.5) is 4.79 Å². The van der Waals surface area contributed by atoms with Crippen LogP contribution in [0.2, 0.25) is 5.02 Å². The van der Waals surface area contributed by atoms with E-state index < -0.39 is 5.91 Å². The van der Waals surface area contributed by atoms with Gasteiger partial charge in [-0.25, -0.2) is 4.68 Å². The standard InChI is InChI=1S/C27H20ClN5O3S/c28-20-10-8-19(9-11-20)24-22(17-33(31-24)21-6-2-1-3-7-21)25(34)30-13-14-32-26(35)23(37-27(32)36)15-18-5-4-12-29-16-18/h1-12,15-17H,13-14H2,(H,30,34). The monoisotopic (exact) mass is 529 g/mol. The third-order valence-corrected chi connectivity index (χ3v) is 6.73. The molecular weight excluding hydrogens is 510 g/mol. The minimum absolute atomic E-state index is 0.0455. The number of imide groups is 1. The van der Waals surface area contributed by atoms with E-state index in [1.807, 2.05) is 30.3 Å². The first-order valence-electron chi connectivity index (χ1n) is 11.3. The van der Waals surface area contributed by atoms with Crippen LogP contribution in [0.25, 0.3) is 23.0 Å². The molecule has 0 bridgehead atoms. The number of rotatable bonds is 7. The van der Waals surface area contributed by atoms with Crippen molar-refractivity contribution in [2.75, 3.05) is 13.1 Å². The molecule has 1 N–H and O–H groups in total. The molecule has 3 amide bonds. The maximum absolute atomic E-state index is 13.2. The summed E-state index contributed by atoms with van der Waals surface area (Å²) >= 11 is 6.91. The maximum Gasteiger partial charge on any atom is 0.293 e. The molecule has 4 aromatic rings. The largest absolute Gasteiger partial charge is 0.350 e. The van der Waals surface area contributed by atoms with Crippen molar-refractivity contribution in [1.29, 1.82) is 0 Å². The van der Waals surface area contributed by atoms with E-state index in [0.717, 1.165) is 33.5 Å². The molecule has 5 rings (SSSR count). The number of aromatic nitrogens is 3. The Kier molecular flexibility index (Phi) is 7.16.